The molecule has 1 aliphatic carbocycles. The molecule has 2 amide bonds. The summed E-state index contributed by atoms with van der Waals surface area (Å²) in [4.78, 5) is 23.8. The first-order chi connectivity index (χ1) is 12.6. The molecule has 0 spiro atoms. The van der Waals surface area contributed by atoms with Gasteiger partial charge in [0.1, 0.15) is 11.6 Å². The minimum Gasteiger partial charge on any atom is -0.326 e. The van der Waals surface area contributed by atoms with Gasteiger partial charge in [0, 0.05) is 17.7 Å². The second-order valence-electron chi connectivity index (χ2n) is 6.10. The van der Waals surface area contributed by atoms with Crippen molar-refractivity contribution in [3.63, 3.8) is 0 Å². The molecule has 0 atom stereocenters. The predicted octanol–water partition coefficient (Wildman–Crippen LogP) is 4.58. The Kier molecular flexibility index (Phi) is 4.86. The maximum absolute atomic E-state index is 13.7. The third-order valence-corrected chi connectivity index (χ3v) is 3.96. The van der Waals surface area contributed by atoms with Crippen LogP contribution in [-0.2, 0) is 11.0 Å². The van der Waals surface area contributed by atoms with Gasteiger partial charge in [-0.1, -0.05) is 0 Å². The molecule has 0 unspecified atom stereocenters. The number of nitrogens with one attached hydrogen (secondary N) is 2. The highest BCUT2D eigenvalue weighted by atomic mass is 19.4. The van der Waals surface area contributed by atoms with Crippen LogP contribution in [0.1, 0.15) is 28.8 Å². The molecule has 2 N–H and O–H groups in total. The standard InChI is InChI=1S/C18H13F5N2O2/c19-10-3-5-12(14(20)7-10)17(27)25-15-6-4-11(8-13(15)18(21,22)23)24-16(26)9-1-2-9/h3-9H,1-2H2,(H,24,26)(H,25,27). The number of carbonyl (C=O) groups is 2. The summed E-state index contributed by atoms with van der Waals surface area (Å²) < 4.78 is 66.6. The number of rotatable bonds is 4. The van der Waals surface area contributed by atoms with Gasteiger partial charge in [-0.2, -0.15) is 13.2 Å². The lowest BCUT2D eigenvalue weighted by Crippen LogP contribution is -2.19. The van der Waals surface area contributed by atoms with Gasteiger partial charge in [-0.05, 0) is 43.2 Å². The third kappa shape index (κ3) is 4.42. The van der Waals surface area contributed by atoms with E-state index in [0.717, 1.165) is 18.2 Å². The van der Waals surface area contributed by atoms with Crippen LogP contribution in [0.15, 0.2) is 36.4 Å². The Bertz CT molecular complexity index is 907. The van der Waals surface area contributed by atoms with E-state index in [9.17, 15) is 31.5 Å². The first-order valence-corrected chi connectivity index (χ1v) is 7.93. The Morgan fingerprint density at radius 3 is 2.26 bits per heavy atom. The molecule has 27 heavy (non-hydrogen) atoms. The molecule has 0 saturated heterocycles. The molecule has 2 aromatic carbocycles. The highest BCUT2D eigenvalue weighted by Crippen LogP contribution is 2.37. The van der Waals surface area contributed by atoms with E-state index in [0.29, 0.717) is 25.0 Å². The number of alkyl halides is 3. The molecule has 0 radical (unpaired) electrons. The highest BCUT2D eigenvalue weighted by Gasteiger charge is 2.35. The van der Waals surface area contributed by atoms with Crippen LogP contribution in [-0.4, -0.2) is 11.8 Å². The first-order valence-electron chi connectivity index (χ1n) is 7.93. The topological polar surface area (TPSA) is 58.2 Å². The van der Waals surface area contributed by atoms with E-state index >= 15 is 0 Å². The average Bonchev–Trinajstić information content (AvgIpc) is 3.40. The predicted molar refractivity (Wildman–Crippen MR) is 87.1 cm³/mol. The Morgan fingerprint density at radius 1 is 0.963 bits per heavy atom. The van der Waals surface area contributed by atoms with E-state index in [-0.39, 0.29) is 17.5 Å². The van der Waals surface area contributed by atoms with E-state index in [2.05, 4.69) is 5.32 Å². The normalized spacial score (nSPS) is 14.0. The Labute approximate surface area is 150 Å². The number of halogens is 5. The van der Waals surface area contributed by atoms with Crippen molar-refractivity contribution in [3.05, 3.63) is 59.2 Å². The van der Waals surface area contributed by atoms with Crippen LogP contribution in [0, 0.1) is 17.6 Å². The van der Waals surface area contributed by atoms with Gasteiger partial charge in [0.15, 0.2) is 0 Å². The van der Waals surface area contributed by atoms with E-state index in [4.69, 9.17) is 0 Å². The van der Waals surface area contributed by atoms with Crippen molar-refractivity contribution < 1.29 is 31.5 Å². The Morgan fingerprint density at radius 2 is 1.67 bits per heavy atom. The summed E-state index contributed by atoms with van der Waals surface area (Å²) in [7, 11) is 0. The van der Waals surface area contributed by atoms with Gasteiger partial charge >= 0.3 is 6.18 Å². The first kappa shape index (κ1) is 18.8. The molecule has 0 aromatic heterocycles. The summed E-state index contributed by atoms with van der Waals surface area (Å²) in [6, 6.07) is 4.96. The van der Waals surface area contributed by atoms with Gasteiger partial charge in [0.25, 0.3) is 5.91 Å². The summed E-state index contributed by atoms with van der Waals surface area (Å²) in [6.07, 6.45) is -3.45. The number of benzene rings is 2. The molecule has 142 valence electrons. The third-order valence-electron chi connectivity index (χ3n) is 3.96. The summed E-state index contributed by atoms with van der Waals surface area (Å²) in [6.45, 7) is 0. The van der Waals surface area contributed by atoms with Gasteiger partial charge in [-0.15, -0.1) is 0 Å². The second kappa shape index (κ2) is 6.98. The molecule has 3 rings (SSSR count). The number of hydrogen-bond donors (Lipinski definition) is 2. The minimum absolute atomic E-state index is 0.0646. The molecular weight excluding hydrogens is 371 g/mol. The van der Waals surface area contributed by atoms with E-state index in [1.165, 1.54) is 6.07 Å². The van der Waals surface area contributed by atoms with Crippen molar-refractivity contribution in [2.75, 3.05) is 10.6 Å². The molecule has 0 aliphatic heterocycles. The molecule has 0 heterocycles. The fourth-order valence-electron chi connectivity index (χ4n) is 2.42. The van der Waals surface area contributed by atoms with Crippen LogP contribution < -0.4 is 10.6 Å². The molecule has 0 bridgehead atoms. The van der Waals surface area contributed by atoms with E-state index < -0.39 is 40.5 Å². The zero-order chi connectivity index (χ0) is 19.8. The number of carbonyl (C=O) groups excluding carboxylic acids is 2. The van der Waals surface area contributed by atoms with Gasteiger partial charge in [-0.3, -0.25) is 9.59 Å². The SMILES string of the molecule is O=C(Nc1ccc(NC(=O)C2CC2)cc1C(F)(F)F)c1ccc(F)cc1F. The van der Waals surface area contributed by atoms with Crippen LogP contribution in [0.5, 0.6) is 0 Å². The lowest BCUT2D eigenvalue weighted by molar-refractivity contribution is -0.137. The molecular formula is C18H13F5N2O2. The molecule has 2 aromatic rings. The fourth-order valence-corrected chi connectivity index (χ4v) is 2.42. The number of amides is 2. The summed E-state index contributed by atoms with van der Waals surface area (Å²) in [5.74, 6) is -3.84. The van der Waals surface area contributed by atoms with Crippen LogP contribution in [0.25, 0.3) is 0 Å². The van der Waals surface area contributed by atoms with Crippen LogP contribution in [0.3, 0.4) is 0 Å². The van der Waals surface area contributed by atoms with Crippen molar-refractivity contribution in [1.29, 1.82) is 0 Å². The highest BCUT2D eigenvalue weighted by molar-refractivity contribution is 6.05. The van der Waals surface area contributed by atoms with Crippen LogP contribution in [0.2, 0.25) is 0 Å². The van der Waals surface area contributed by atoms with Crippen molar-refractivity contribution in [3.8, 4) is 0 Å². The van der Waals surface area contributed by atoms with Crippen molar-refractivity contribution in [2.45, 2.75) is 19.0 Å². The molecule has 9 heteroatoms. The Balaban J connectivity index is 1.87. The molecule has 4 nitrogen and oxygen atoms in total. The largest absolute Gasteiger partial charge is 0.418 e. The minimum atomic E-state index is -4.83. The zero-order valence-corrected chi connectivity index (χ0v) is 13.7. The van der Waals surface area contributed by atoms with Crippen molar-refractivity contribution in [2.24, 2.45) is 5.92 Å². The van der Waals surface area contributed by atoms with Gasteiger partial charge in [-0.25, -0.2) is 8.78 Å². The van der Waals surface area contributed by atoms with Gasteiger partial charge in [0.2, 0.25) is 5.91 Å². The second-order valence-corrected chi connectivity index (χ2v) is 6.10. The van der Waals surface area contributed by atoms with Crippen LogP contribution in [0.4, 0.5) is 33.3 Å². The monoisotopic (exact) mass is 384 g/mol. The molecule has 1 aliphatic rings. The quantitative estimate of drug-likeness (QED) is 0.758. The van der Waals surface area contributed by atoms with Gasteiger partial charge < -0.3 is 10.6 Å². The molecule has 1 saturated carbocycles. The van der Waals surface area contributed by atoms with Crippen molar-refractivity contribution >= 4 is 23.2 Å². The lowest BCUT2D eigenvalue weighted by Gasteiger charge is -2.16. The zero-order valence-electron chi connectivity index (χ0n) is 13.7. The summed E-state index contributed by atoms with van der Waals surface area (Å²) in [5.41, 5.74) is -2.48. The summed E-state index contributed by atoms with van der Waals surface area (Å²) in [5, 5.41) is 4.37. The fraction of sp³-hybridized carbons (Fsp3) is 0.222. The Hall–Kier alpha value is -2.97. The molecule has 1 fully saturated rings. The van der Waals surface area contributed by atoms with Crippen LogP contribution >= 0.6 is 0 Å². The average molecular weight is 384 g/mol. The lowest BCUT2D eigenvalue weighted by atomic mass is 10.1. The number of hydrogen-bond acceptors (Lipinski definition) is 2. The number of anilines is 2. The van der Waals surface area contributed by atoms with Gasteiger partial charge in [0.05, 0.1) is 16.8 Å². The van der Waals surface area contributed by atoms with Crippen molar-refractivity contribution in [1.82, 2.24) is 0 Å². The maximum Gasteiger partial charge on any atom is 0.418 e. The van der Waals surface area contributed by atoms with E-state index in [1.54, 1.807) is 0 Å². The summed E-state index contributed by atoms with van der Waals surface area (Å²) >= 11 is 0. The maximum atomic E-state index is 13.7. The van der Waals surface area contributed by atoms with E-state index in [1.807, 2.05) is 5.32 Å². The smallest absolute Gasteiger partial charge is 0.326 e.